The Morgan fingerprint density at radius 1 is 1.12 bits per heavy atom. The number of hydrogen-bond donors (Lipinski definition) is 1. The molecule has 4 rings (SSSR count). The van der Waals surface area contributed by atoms with Crippen molar-refractivity contribution in [3.05, 3.63) is 65.6 Å². The monoisotopic (exact) mass is 350 g/mol. The molecule has 0 fully saturated rings. The fourth-order valence-corrected chi connectivity index (χ4v) is 3.13. The first-order valence-corrected chi connectivity index (χ1v) is 8.55. The highest BCUT2D eigenvalue weighted by Gasteiger charge is 2.15. The Morgan fingerprint density at radius 3 is 2.84 bits per heavy atom. The summed E-state index contributed by atoms with van der Waals surface area (Å²) in [5, 5.41) is 5.23. The number of benzene rings is 2. The van der Waals surface area contributed by atoms with Crippen LogP contribution in [0, 0.1) is 0 Å². The van der Waals surface area contributed by atoms with Crippen LogP contribution in [0.25, 0.3) is 17.3 Å². The molecule has 2 aromatic carbocycles. The summed E-state index contributed by atoms with van der Waals surface area (Å²) in [5.41, 5.74) is 2.67. The Balaban J connectivity index is 1.44. The number of nitrogens with zero attached hydrogens (tertiary/aromatic N) is 1. The molecule has 1 aromatic heterocycles. The molecule has 0 radical (unpaired) electrons. The molecule has 3 aromatic rings. The zero-order valence-corrected chi connectivity index (χ0v) is 14.0. The van der Waals surface area contributed by atoms with Gasteiger partial charge in [-0.15, -0.1) is 11.3 Å². The van der Waals surface area contributed by atoms with Crippen LogP contribution < -0.4 is 14.8 Å². The molecule has 0 saturated carbocycles. The fraction of sp³-hybridized carbons (Fsp3) is 0.0526. The number of carbonyl (C=O) groups is 1. The van der Waals surface area contributed by atoms with Crippen molar-refractivity contribution >= 4 is 28.5 Å². The molecule has 1 N–H and O–H groups in total. The lowest BCUT2D eigenvalue weighted by Gasteiger charge is -2.00. The summed E-state index contributed by atoms with van der Waals surface area (Å²) in [6.07, 6.45) is 3.26. The van der Waals surface area contributed by atoms with Crippen LogP contribution in [-0.4, -0.2) is 17.7 Å². The summed E-state index contributed by atoms with van der Waals surface area (Å²) in [7, 11) is 0. The largest absolute Gasteiger partial charge is 0.454 e. The Labute approximate surface area is 148 Å². The molecule has 1 aliphatic heterocycles. The number of amides is 1. The Kier molecular flexibility index (Phi) is 4.18. The van der Waals surface area contributed by atoms with Crippen molar-refractivity contribution in [2.45, 2.75) is 0 Å². The summed E-state index contributed by atoms with van der Waals surface area (Å²) in [4.78, 5) is 16.5. The number of nitrogens with one attached hydrogen (secondary N) is 1. The molecule has 0 saturated heterocycles. The van der Waals surface area contributed by atoms with Gasteiger partial charge in [0.25, 0.3) is 0 Å². The van der Waals surface area contributed by atoms with Crippen LogP contribution in [0.4, 0.5) is 5.13 Å². The maximum absolute atomic E-state index is 12.0. The van der Waals surface area contributed by atoms with E-state index in [1.807, 2.05) is 53.9 Å². The molecule has 0 atom stereocenters. The van der Waals surface area contributed by atoms with Crippen molar-refractivity contribution in [2.75, 3.05) is 12.1 Å². The second-order valence-corrected chi connectivity index (χ2v) is 6.20. The van der Waals surface area contributed by atoms with Gasteiger partial charge in [-0.2, -0.15) is 0 Å². The molecule has 2 heterocycles. The van der Waals surface area contributed by atoms with Crippen LogP contribution in [-0.2, 0) is 4.79 Å². The Bertz CT molecular complexity index is 935. The van der Waals surface area contributed by atoms with Gasteiger partial charge in [-0.1, -0.05) is 30.3 Å². The fourth-order valence-electron chi connectivity index (χ4n) is 2.40. The zero-order chi connectivity index (χ0) is 17.1. The zero-order valence-electron chi connectivity index (χ0n) is 13.1. The molecule has 0 aliphatic carbocycles. The third kappa shape index (κ3) is 3.54. The second-order valence-electron chi connectivity index (χ2n) is 5.34. The lowest BCUT2D eigenvalue weighted by Crippen LogP contribution is -2.07. The van der Waals surface area contributed by atoms with E-state index in [-0.39, 0.29) is 12.7 Å². The van der Waals surface area contributed by atoms with Crippen molar-refractivity contribution in [3.63, 3.8) is 0 Å². The van der Waals surface area contributed by atoms with E-state index in [0.29, 0.717) is 10.9 Å². The van der Waals surface area contributed by atoms with E-state index in [0.717, 1.165) is 22.6 Å². The highest BCUT2D eigenvalue weighted by molar-refractivity contribution is 7.14. The molecule has 124 valence electrons. The van der Waals surface area contributed by atoms with Gasteiger partial charge in [0.1, 0.15) is 0 Å². The molecular formula is C19H14N2O3S. The minimum atomic E-state index is -0.213. The average Bonchev–Trinajstić information content (AvgIpc) is 3.29. The Morgan fingerprint density at radius 2 is 1.96 bits per heavy atom. The summed E-state index contributed by atoms with van der Waals surface area (Å²) in [6, 6.07) is 15.3. The van der Waals surface area contributed by atoms with Crippen LogP contribution in [0.2, 0.25) is 0 Å². The van der Waals surface area contributed by atoms with Gasteiger partial charge in [-0.05, 0) is 29.8 Å². The van der Waals surface area contributed by atoms with Crippen molar-refractivity contribution in [1.82, 2.24) is 4.98 Å². The van der Waals surface area contributed by atoms with Gasteiger partial charge < -0.3 is 9.47 Å². The van der Waals surface area contributed by atoms with Gasteiger partial charge in [-0.25, -0.2) is 4.98 Å². The van der Waals surface area contributed by atoms with Crippen LogP contribution in [0.5, 0.6) is 11.5 Å². The lowest BCUT2D eigenvalue weighted by molar-refractivity contribution is -0.111. The smallest absolute Gasteiger partial charge is 0.250 e. The topological polar surface area (TPSA) is 60.5 Å². The molecule has 6 heteroatoms. The predicted molar refractivity (Wildman–Crippen MR) is 97.8 cm³/mol. The first-order valence-electron chi connectivity index (χ1n) is 7.67. The normalized spacial score (nSPS) is 12.5. The third-order valence-corrected chi connectivity index (χ3v) is 4.39. The van der Waals surface area contributed by atoms with Crippen LogP contribution in [0.15, 0.2) is 60.0 Å². The maximum Gasteiger partial charge on any atom is 0.250 e. The Hall–Kier alpha value is -3.12. The average molecular weight is 350 g/mol. The first-order chi connectivity index (χ1) is 12.3. The van der Waals surface area contributed by atoms with Gasteiger partial charge >= 0.3 is 0 Å². The van der Waals surface area contributed by atoms with E-state index in [1.165, 1.54) is 17.4 Å². The number of anilines is 1. The van der Waals surface area contributed by atoms with E-state index >= 15 is 0 Å². The van der Waals surface area contributed by atoms with Gasteiger partial charge in [-0.3, -0.25) is 10.1 Å². The molecule has 25 heavy (non-hydrogen) atoms. The summed E-state index contributed by atoms with van der Waals surface area (Å²) < 4.78 is 10.7. The highest BCUT2D eigenvalue weighted by Crippen LogP contribution is 2.36. The third-order valence-electron chi connectivity index (χ3n) is 3.63. The summed E-state index contributed by atoms with van der Waals surface area (Å²) in [5.74, 6) is 1.23. The number of carbonyl (C=O) groups excluding carboxylic acids is 1. The van der Waals surface area contributed by atoms with Gasteiger partial charge in [0, 0.05) is 17.0 Å². The number of thiazole rings is 1. The molecule has 0 spiro atoms. The first kappa shape index (κ1) is 15.4. The summed E-state index contributed by atoms with van der Waals surface area (Å²) in [6.45, 7) is 0.241. The number of hydrogen-bond acceptors (Lipinski definition) is 5. The van der Waals surface area contributed by atoms with Crippen molar-refractivity contribution in [3.8, 4) is 22.8 Å². The van der Waals surface area contributed by atoms with E-state index < -0.39 is 0 Å². The number of aromatic nitrogens is 1. The van der Waals surface area contributed by atoms with Gasteiger partial charge in [0.15, 0.2) is 16.6 Å². The quantitative estimate of drug-likeness (QED) is 0.717. The molecule has 1 amide bonds. The second kappa shape index (κ2) is 6.78. The predicted octanol–water partition coefficient (Wildman–Crippen LogP) is 4.19. The molecular weight excluding hydrogens is 336 g/mol. The molecule has 5 nitrogen and oxygen atoms in total. The van der Waals surface area contributed by atoms with Crippen LogP contribution >= 0.6 is 11.3 Å². The van der Waals surface area contributed by atoms with Gasteiger partial charge in [0.2, 0.25) is 12.7 Å². The highest BCUT2D eigenvalue weighted by atomic mass is 32.1. The molecule has 1 aliphatic rings. The number of fused-ring (bicyclic) bond motifs is 1. The molecule has 0 unspecified atom stereocenters. The maximum atomic E-state index is 12.0. The van der Waals surface area contributed by atoms with Crippen LogP contribution in [0.1, 0.15) is 5.56 Å². The van der Waals surface area contributed by atoms with E-state index in [1.54, 1.807) is 6.08 Å². The van der Waals surface area contributed by atoms with Crippen molar-refractivity contribution in [2.24, 2.45) is 0 Å². The lowest BCUT2D eigenvalue weighted by atomic mass is 10.1. The number of ether oxygens (including phenoxy) is 2. The minimum Gasteiger partial charge on any atom is -0.454 e. The SMILES string of the molecule is O=C(/C=C/c1ccccc1)Nc1nc(-c2ccc3c(c2)OCO3)cs1. The van der Waals surface area contributed by atoms with E-state index in [4.69, 9.17) is 9.47 Å². The van der Waals surface area contributed by atoms with Crippen molar-refractivity contribution in [1.29, 1.82) is 0 Å². The standard InChI is InChI=1S/C19H14N2O3S/c22-18(9-6-13-4-2-1-3-5-13)21-19-20-15(11-25-19)14-7-8-16-17(10-14)24-12-23-16/h1-11H,12H2,(H,20,21,22)/b9-6+. The van der Waals surface area contributed by atoms with Crippen LogP contribution in [0.3, 0.4) is 0 Å². The van der Waals surface area contributed by atoms with E-state index in [2.05, 4.69) is 10.3 Å². The summed E-state index contributed by atoms with van der Waals surface area (Å²) >= 11 is 1.38. The van der Waals surface area contributed by atoms with E-state index in [9.17, 15) is 4.79 Å². The number of rotatable bonds is 4. The minimum absolute atomic E-state index is 0.213. The van der Waals surface area contributed by atoms with Crippen molar-refractivity contribution < 1.29 is 14.3 Å². The molecule has 0 bridgehead atoms. The van der Waals surface area contributed by atoms with Gasteiger partial charge in [0.05, 0.1) is 5.69 Å².